The van der Waals surface area contributed by atoms with Crippen LogP contribution in [-0.4, -0.2) is 35.0 Å². The fourth-order valence-corrected chi connectivity index (χ4v) is 4.06. The first-order valence-corrected chi connectivity index (χ1v) is 9.49. The largest absolute Gasteiger partial charge is 0.481 e. The summed E-state index contributed by atoms with van der Waals surface area (Å²) in [7, 11) is 0. The molecule has 0 unspecified atom stereocenters. The molecule has 1 amide bonds. The Labute approximate surface area is 164 Å². The third kappa shape index (κ3) is 3.59. The summed E-state index contributed by atoms with van der Waals surface area (Å²) in [5, 5.41) is 10.5. The van der Waals surface area contributed by atoms with Crippen LogP contribution in [0.2, 0.25) is 5.02 Å². The molecular formula is C22H24ClNO3. The minimum Gasteiger partial charge on any atom is -0.481 e. The van der Waals surface area contributed by atoms with Crippen molar-refractivity contribution in [3.05, 3.63) is 70.7 Å². The summed E-state index contributed by atoms with van der Waals surface area (Å²) in [6.45, 7) is 4.61. The Morgan fingerprint density at radius 2 is 1.67 bits per heavy atom. The molecule has 4 nitrogen and oxygen atoms in total. The lowest BCUT2D eigenvalue weighted by Crippen LogP contribution is -2.52. The zero-order chi connectivity index (χ0) is 19.7. The van der Waals surface area contributed by atoms with Gasteiger partial charge in [-0.1, -0.05) is 54.1 Å². The van der Waals surface area contributed by atoms with Crippen molar-refractivity contribution in [2.45, 2.75) is 37.5 Å². The summed E-state index contributed by atoms with van der Waals surface area (Å²) in [6, 6.07) is 16.7. The average molecular weight is 386 g/mol. The summed E-state index contributed by atoms with van der Waals surface area (Å²) in [6.07, 6.45) is 0.813. The van der Waals surface area contributed by atoms with Crippen molar-refractivity contribution >= 4 is 23.5 Å². The molecule has 1 N–H and O–H groups in total. The van der Waals surface area contributed by atoms with Gasteiger partial charge in [0.15, 0.2) is 0 Å². The Bertz CT molecular complexity index is 840. The maximum absolute atomic E-state index is 13.2. The van der Waals surface area contributed by atoms with E-state index in [2.05, 4.69) is 0 Å². The number of carboxylic acids is 1. The zero-order valence-corrected chi connectivity index (χ0v) is 16.4. The van der Waals surface area contributed by atoms with Crippen LogP contribution < -0.4 is 0 Å². The monoisotopic (exact) mass is 385 g/mol. The molecule has 1 saturated heterocycles. The van der Waals surface area contributed by atoms with Crippen molar-refractivity contribution in [1.82, 2.24) is 4.90 Å². The topological polar surface area (TPSA) is 57.6 Å². The van der Waals surface area contributed by atoms with E-state index in [-0.39, 0.29) is 5.91 Å². The number of benzene rings is 2. The van der Waals surface area contributed by atoms with Gasteiger partial charge in [0, 0.05) is 18.1 Å². The van der Waals surface area contributed by atoms with Crippen molar-refractivity contribution in [3.8, 4) is 0 Å². The van der Waals surface area contributed by atoms with Gasteiger partial charge in [-0.05, 0) is 49.9 Å². The third-order valence-electron chi connectivity index (χ3n) is 5.72. The second-order valence-corrected chi connectivity index (χ2v) is 8.12. The fourth-order valence-electron chi connectivity index (χ4n) is 3.87. The van der Waals surface area contributed by atoms with Gasteiger partial charge in [0.25, 0.3) is 0 Å². The van der Waals surface area contributed by atoms with E-state index in [1.807, 2.05) is 62.4 Å². The number of halogens is 1. The number of nitrogens with zero attached hydrogens (tertiary/aromatic N) is 1. The summed E-state index contributed by atoms with van der Waals surface area (Å²) in [5.41, 5.74) is 0.0101. The number of amides is 1. The van der Waals surface area contributed by atoms with E-state index in [0.717, 1.165) is 11.1 Å². The molecule has 1 fully saturated rings. The van der Waals surface area contributed by atoms with Crippen LogP contribution in [0.1, 0.15) is 37.8 Å². The molecule has 2 aromatic rings. The van der Waals surface area contributed by atoms with Gasteiger partial charge in [-0.15, -0.1) is 0 Å². The molecule has 3 rings (SSSR count). The lowest BCUT2D eigenvalue weighted by Gasteiger charge is -2.41. The van der Waals surface area contributed by atoms with E-state index in [1.165, 1.54) is 0 Å². The van der Waals surface area contributed by atoms with Crippen molar-refractivity contribution < 1.29 is 14.7 Å². The second kappa shape index (κ2) is 7.35. The molecule has 0 saturated carbocycles. The number of hydrogen-bond acceptors (Lipinski definition) is 2. The van der Waals surface area contributed by atoms with Crippen LogP contribution in [0, 0.1) is 0 Å². The van der Waals surface area contributed by atoms with Crippen molar-refractivity contribution in [1.29, 1.82) is 0 Å². The Balaban J connectivity index is 1.80. The Kier molecular flexibility index (Phi) is 5.29. The molecule has 2 aromatic carbocycles. The van der Waals surface area contributed by atoms with Gasteiger partial charge in [0.2, 0.25) is 5.91 Å². The highest BCUT2D eigenvalue weighted by Gasteiger charge is 2.45. The maximum Gasteiger partial charge on any atom is 0.314 e. The highest BCUT2D eigenvalue weighted by molar-refractivity contribution is 6.30. The number of carbonyl (C=O) groups is 2. The van der Waals surface area contributed by atoms with E-state index in [0.29, 0.717) is 31.0 Å². The molecular weight excluding hydrogens is 362 g/mol. The Morgan fingerprint density at radius 3 is 2.22 bits per heavy atom. The molecule has 1 aliphatic rings. The minimum atomic E-state index is -0.932. The minimum absolute atomic E-state index is 0.00295. The van der Waals surface area contributed by atoms with E-state index < -0.39 is 16.8 Å². The van der Waals surface area contributed by atoms with Crippen LogP contribution in [-0.2, 0) is 20.4 Å². The van der Waals surface area contributed by atoms with Crippen LogP contribution in [0.5, 0.6) is 0 Å². The quantitative estimate of drug-likeness (QED) is 0.855. The number of likely N-dealkylation sites (tertiary alicyclic amines) is 1. The van der Waals surface area contributed by atoms with Crippen LogP contribution >= 0.6 is 11.6 Å². The molecule has 0 spiro atoms. The highest BCUT2D eigenvalue weighted by Crippen LogP contribution is 2.37. The van der Waals surface area contributed by atoms with Crippen LogP contribution in [0.3, 0.4) is 0 Å². The number of rotatable bonds is 4. The standard InChI is InChI=1S/C22H24ClNO3/c1-21(2,17-9-6-10-18(23)15-17)19(25)24-13-11-22(12-14-24,20(26)27)16-7-4-3-5-8-16/h3-10,15H,11-14H2,1-2H3,(H,26,27). The molecule has 0 radical (unpaired) electrons. The predicted octanol–water partition coefficient (Wildman–Crippen LogP) is 4.26. The molecule has 27 heavy (non-hydrogen) atoms. The third-order valence-corrected chi connectivity index (χ3v) is 5.96. The second-order valence-electron chi connectivity index (χ2n) is 7.68. The van der Waals surface area contributed by atoms with Gasteiger partial charge in [-0.3, -0.25) is 9.59 Å². The summed E-state index contributed by atoms with van der Waals surface area (Å²) in [4.78, 5) is 27.1. The first kappa shape index (κ1) is 19.4. The molecule has 0 aliphatic carbocycles. The van der Waals surface area contributed by atoms with Crippen molar-refractivity contribution in [3.63, 3.8) is 0 Å². The summed E-state index contributed by atoms with van der Waals surface area (Å²) < 4.78 is 0. The SMILES string of the molecule is CC(C)(C(=O)N1CCC(C(=O)O)(c2ccccc2)CC1)c1cccc(Cl)c1. The van der Waals surface area contributed by atoms with Gasteiger partial charge in [0.1, 0.15) is 0 Å². The number of piperidine rings is 1. The van der Waals surface area contributed by atoms with Crippen LogP contribution in [0.15, 0.2) is 54.6 Å². The molecule has 1 heterocycles. The highest BCUT2D eigenvalue weighted by atomic mass is 35.5. The first-order chi connectivity index (χ1) is 12.8. The number of carboxylic acid groups (broad SMARTS) is 1. The first-order valence-electron chi connectivity index (χ1n) is 9.12. The Morgan fingerprint density at radius 1 is 1.04 bits per heavy atom. The van der Waals surface area contributed by atoms with Crippen molar-refractivity contribution in [2.24, 2.45) is 0 Å². The number of hydrogen-bond donors (Lipinski definition) is 1. The Hall–Kier alpha value is -2.33. The van der Waals surface area contributed by atoms with Gasteiger partial charge in [-0.25, -0.2) is 0 Å². The average Bonchev–Trinajstić information content (AvgIpc) is 2.68. The van der Waals surface area contributed by atoms with E-state index in [9.17, 15) is 14.7 Å². The molecule has 1 aliphatic heterocycles. The summed E-state index contributed by atoms with van der Waals surface area (Å²) >= 11 is 6.09. The van der Waals surface area contributed by atoms with Gasteiger partial charge < -0.3 is 10.0 Å². The summed E-state index contributed by atoms with van der Waals surface area (Å²) in [5.74, 6) is -0.827. The van der Waals surface area contributed by atoms with E-state index in [4.69, 9.17) is 11.6 Å². The smallest absolute Gasteiger partial charge is 0.314 e. The normalized spacial score (nSPS) is 16.8. The molecule has 0 aromatic heterocycles. The van der Waals surface area contributed by atoms with Crippen LogP contribution in [0.25, 0.3) is 0 Å². The van der Waals surface area contributed by atoms with Gasteiger partial charge in [0.05, 0.1) is 10.8 Å². The maximum atomic E-state index is 13.2. The fraction of sp³-hybridized carbons (Fsp3) is 0.364. The molecule has 142 valence electrons. The van der Waals surface area contributed by atoms with Crippen LogP contribution in [0.4, 0.5) is 0 Å². The predicted molar refractivity (Wildman–Crippen MR) is 106 cm³/mol. The van der Waals surface area contributed by atoms with Crippen molar-refractivity contribution in [2.75, 3.05) is 13.1 Å². The molecule has 0 atom stereocenters. The molecule has 0 bridgehead atoms. The van der Waals surface area contributed by atoms with E-state index in [1.54, 1.807) is 11.0 Å². The number of carbonyl (C=O) groups excluding carboxylic acids is 1. The van der Waals surface area contributed by atoms with E-state index >= 15 is 0 Å². The number of aliphatic carboxylic acids is 1. The lowest BCUT2D eigenvalue weighted by atomic mass is 9.72. The van der Waals surface area contributed by atoms with Gasteiger partial charge in [-0.2, -0.15) is 0 Å². The lowest BCUT2D eigenvalue weighted by molar-refractivity contribution is -0.149. The zero-order valence-electron chi connectivity index (χ0n) is 15.6. The molecule has 5 heteroatoms. The van der Waals surface area contributed by atoms with Gasteiger partial charge >= 0.3 is 5.97 Å².